The second-order valence-corrected chi connectivity index (χ2v) is 4.31. The van der Waals surface area contributed by atoms with Crippen LogP contribution in [0.25, 0.3) is 11.1 Å². The number of carbonyl (C=O) groups is 2. The summed E-state index contributed by atoms with van der Waals surface area (Å²) in [5.74, 6) is -1.27. The lowest BCUT2D eigenvalue weighted by molar-refractivity contribution is -0.138. The number of hydrogen-bond acceptors (Lipinski definition) is 2. The van der Waals surface area contributed by atoms with E-state index < -0.39 is 5.97 Å². The number of nitrogens with one attached hydrogen (secondary N) is 1. The highest BCUT2D eigenvalue weighted by molar-refractivity contribution is 5.92. The van der Waals surface area contributed by atoms with E-state index in [-0.39, 0.29) is 18.7 Å². The Hall–Kier alpha value is -2.62. The number of carboxylic acid groups (broad SMARTS) is 1. The first-order valence-electron chi connectivity index (χ1n) is 6.23. The van der Waals surface area contributed by atoms with Gasteiger partial charge in [0.15, 0.2) is 0 Å². The van der Waals surface area contributed by atoms with Crippen LogP contribution in [0.5, 0.6) is 0 Å². The molecule has 2 N–H and O–H groups in total. The van der Waals surface area contributed by atoms with Crippen LogP contribution in [-0.4, -0.2) is 17.0 Å². The van der Waals surface area contributed by atoms with Crippen LogP contribution in [-0.2, 0) is 9.59 Å². The monoisotopic (exact) mass is 268 g/mol. The maximum Gasteiger partial charge on any atom is 0.303 e. The summed E-state index contributed by atoms with van der Waals surface area (Å²) in [4.78, 5) is 21.9. The van der Waals surface area contributed by atoms with Gasteiger partial charge in [-0.3, -0.25) is 9.59 Å². The third-order valence-electron chi connectivity index (χ3n) is 2.79. The first kappa shape index (κ1) is 13.8. The molecule has 0 saturated carbocycles. The van der Waals surface area contributed by atoms with Crippen molar-refractivity contribution in [3.8, 4) is 11.1 Å². The number of benzene rings is 2. The minimum Gasteiger partial charge on any atom is -0.481 e. The van der Waals surface area contributed by atoms with Gasteiger partial charge in [-0.25, -0.2) is 0 Å². The SMILES string of the molecule is O=C(O)CCC(=O)Nc1ccc(-c2cc[c]cc2)cc1. The lowest BCUT2D eigenvalue weighted by Gasteiger charge is -2.06. The zero-order valence-corrected chi connectivity index (χ0v) is 10.8. The van der Waals surface area contributed by atoms with Crippen molar-refractivity contribution in [3.63, 3.8) is 0 Å². The fourth-order valence-electron chi connectivity index (χ4n) is 1.77. The van der Waals surface area contributed by atoms with Gasteiger partial charge in [0.05, 0.1) is 6.42 Å². The third kappa shape index (κ3) is 3.95. The van der Waals surface area contributed by atoms with Crippen molar-refractivity contribution in [1.29, 1.82) is 0 Å². The average Bonchev–Trinajstić information content (AvgIpc) is 2.47. The van der Waals surface area contributed by atoms with Crippen LogP contribution in [0.15, 0.2) is 48.5 Å². The molecule has 0 aliphatic carbocycles. The molecule has 4 nitrogen and oxygen atoms in total. The van der Waals surface area contributed by atoms with E-state index in [1.807, 2.05) is 36.4 Å². The van der Waals surface area contributed by atoms with Crippen LogP contribution >= 0.6 is 0 Å². The van der Waals surface area contributed by atoms with E-state index in [0.29, 0.717) is 5.69 Å². The smallest absolute Gasteiger partial charge is 0.303 e. The van der Waals surface area contributed by atoms with Crippen molar-refractivity contribution >= 4 is 17.6 Å². The molecule has 0 aliphatic heterocycles. The summed E-state index contributed by atoms with van der Waals surface area (Å²) in [5.41, 5.74) is 2.78. The number of carboxylic acids is 1. The number of aliphatic carboxylic acids is 1. The average molecular weight is 268 g/mol. The second-order valence-electron chi connectivity index (χ2n) is 4.31. The van der Waals surface area contributed by atoms with Crippen LogP contribution < -0.4 is 5.32 Å². The fraction of sp³-hybridized carbons (Fsp3) is 0.125. The van der Waals surface area contributed by atoms with Crippen molar-refractivity contribution in [1.82, 2.24) is 0 Å². The molecular formula is C16H14NO3. The molecule has 0 unspecified atom stereocenters. The van der Waals surface area contributed by atoms with E-state index in [1.165, 1.54) is 0 Å². The zero-order valence-electron chi connectivity index (χ0n) is 10.8. The van der Waals surface area contributed by atoms with Gasteiger partial charge >= 0.3 is 5.97 Å². The van der Waals surface area contributed by atoms with E-state index in [0.717, 1.165) is 11.1 Å². The second kappa shape index (κ2) is 6.52. The summed E-state index contributed by atoms with van der Waals surface area (Å²) in [6, 6.07) is 18.0. The zero-order chi connectivity index (χ0) is 14.4. The molecule has 0 fully saturated rings. The van der Waals surface area contributed by atoms with Gasteiger partial charge in [0.2, 0.25) is 5.91 Å². The summed E-state index contributed by atoms with van der Waals surface area (Å²) in [5, 5.41) is 11.2. The highest BCUT2D eigenvalue weighted by Crippen LogP contribution is 2.20. The molecule has 101 valence electrons. The summed E-state index contributed by atoms with van der Waals surface area (Å²) in [6.07, 6.45) is -0.184. The summed E-state index contributed by atoms with van der Waals surface area (Å²) in [7, 11) is 0. The minimum atomic E-state index is -0.976. The lowest BCUT2D eigenvalue weighted by Crippen LogP contribution is -2.13. The Labute approximate surface area is 117 Å². The Morgan fingerprint density at radius 3 is 2.15 bits per heavy atom. The van der Waals surface area contributed by atoms with Gasteiger partial charge < -0.3 is 10.4 Å². The topological polar surface area (TPSA) is 66.4 Å². The maximum atomic E-state index is 11.5. The van der Waals surface area contributed by atoms with Crippen molar-refractivity contribution in [2.75, 3.05) is 5.32 Å². The van der Waals surface area contributed by atoms with Crippen LogP contribution in [0.1, 0.15) is 12.8 Å². The largest absolute Gasteiger partial charge is 0.481 e. The molecule has 0 aliphatic rings. The molecule has 1 radical (unpaired) electrons. The number of carbonyl (C=O) groups excluding carboxylic acids is 1. The molecule has 2 rings (SSSR count). The van der Waals surface area contributed by atoms with E-state index in [2.05, 4.69) is 11.4 Å². The van der Waals surface area contributed by atoms with Crippen LogP contribution in [0, 0.1) is 6.07 Å². The van der Waals surface area contributed by atoms with Gasteiger partial charge in [-0.05, 0) is 29.3 Å². The highest BCUT2D eigenvalue weighted by atomic mass is 16.4. The molecule has 1 amide bonds. The van der Waals surface area contributed by atoms with Gasteiger partial charge in [-0.2, -0.15) is 0 Å². The molecular weight excluding hydrogens is 254 g/mol. The first-order chi connectivity index (χ1) is 9.65. The number of rotatable bonds is 5. The standard InChI is InChI=1S/C16H14NO3/c18-15(10-11-16(19)20)17-14-8-6-13(7-9-14)12-4-2-1-3-5-12/h2-9H,10-11H2,(H,17,18)(H,19,20). The van der Waals surface area contributed by atoms with Gasteiger partial charge in [0.25, 0.3) is 0 Å². The van der Waals surface area contributed by atoms with Crippen molar-refractivity contribution < 1.29 is 14.7 Å². The molecule has 0 saturated heterocycles. The molecule has 2 aromatic carbocycles. The summed E-state index contributed by atoms with van der Waals surface area (Å²) >= 11 is 0. The predicted octanol–water partition coefficient (Wildman–Crippen LogP) is 2.96. The van der Waals surface area contributed by atoms with Crippen molar-refractivity contribution in [3.05, 3.63) is 54.6 Å². The maximum absolute atomic E-state index is 11.5. The van der Waals surface area contributed by atoms with Crippen LogP contribution in [0.3, 0.4) is 0 Å². The molecule has 0 spiro atoms. The van der Waals surface area contributed by atoms with E-state index in [1.54, 1.807) is 12.1 Å². The summed E-state index contributed by atoms with van der Waals surface area (Å²) < 4.78 is 0. The third-order valence-corrected chi connectivity index (χ3v) is 2.79. The molecule has 2 aromatic rings. The van der Waals surface area contributed by atoms with Crippen molar-refractivity contribution in [2.24, 2.45) is 0 Å². The Morgan fingerprint density at radius 1 is 0.950 bits per heavy atom. The van der Waals surface area contributed by atoms with Crippen LogP contribution in [0.4, 0.5) is 5.69 Å². The van der Waals surface area contributed by atoms with Gasteiger partial charge in [0, 0.05) is 12.1 Å². The quantitative estimate of drug-likeness (QED) is 0.876. The van der Waals surface area contributed by atoms with Gasteiger partial charge in [0.1, 0.15) is 0 Å². The minimum absolute atomic E-state index is 0.0222. The van der Waals surface area contributed by atoms with E-state index in [9.17, 15) is 9.59 Å². The van der Waals surface area contributed by atoms with Crippen LogP contribution in [0.2, 0.25) is 0 Å². The highest BCUT2D eigenvalue weighted by Gasteiger charge is 2.05. The van der Waals surface area contributed by atoms with Gasteiger partial charge in [-0.15, -0.1) is 0 Å². The molecule has 0 heterocycles. The Kier molecular flexibility index (Phi) is 4.50. The first-order valence-corrected chi connectivity index (χ1v) is 6.23. The lowest BCUT2D eigenvalue weighted by atomic mass is 10.1. The van der Waals surface area contributed by atoms with Gasteiger partial charge in [-0.1, -0.05) is 36.4 Å². The Bertz CT molecular complexity index is 591. The molecule has 20 heavy (non-hydrogen) atoms. The molecule has 0 bridgehead atoms. The molecule has 0 atom stereocenters. The predicted molar refractivity (Wildman–Crippen MR) is 76.2 cm³/mol. The van der Waals surface area contributed by atoms with E-state index in [4.69, 9.17) is 5.11 Å². The normalized spacial score (nSPS) is 10.0. The molecule has 0 aromatic heterocycles. The fourth-order valence-corrected chi connectivity index (χ4v) is 1.77. The van der Waals surface area contributed by atoms with E-state index >= 15 is 0 Å². The Balaban J connectivity index is 1.98. The Morgan fingerprint density at radius 2 is 1.55 bits per heavy atom. The summed E-state index contributed by atoms with van der Waals surface area (Å²) in [6.45, 7) is 0. The number of hydrogen-bond donors (Lipinski definition) is 2. The number of anilines is 1. The number of amides is 1. The molecule has 4 heteroatoms. The van der Waals surface area contributed by atoms with Crippen molar-refractivity contribution in [2.45, 2.75) is 12.8 Å².